The maximum atomic E-state index is 8.85. The zero-order chi connectivity index (χ0) is 15.8. The summed E-state index contributed by atoms with van der Waals surface area (Å²) in [6.45, 7) is 3.56. The molecule has 4 heteroatoms. The second-order valence-electron chi connectivity index (χ2n) is 6.12. The van der Waals surface area contributed by atoms with Crippen LogP contribution in [0.2, 0.25) is 0 Å². The fourth-order valence-corrected chi connectivity index (χ4v) is 3.08. The first kappa shape index (κ1) is 17.1. The van der Waals surface area contributed by atoms with Gasteiger partial charge in [-0.2, -0.15) is 0 Å². The summed E-state index contributed by atoms with van der Waals surface area (Å²) in [6.07, 6.45) is 6.88. The van der Waals surface area contributed by atoms with E-state index in [-0.39, 0.29) is 13.2 Å². The number of aliphatic hydroxyl groups is 1. The van der Waals surface area contributed by atoms with Gasteiger partial charge in [-0.05, 0) is 49.9 Å². The van der Waals surface area contributed by atoms with Crippen molar-refractivity contribution < 1.29 is 14.6 Å². The fraction of sp³-hybridized carbons (Fsp3) is 0.667. The second kappa shape index (κ2) is 9.01. The smallest absolute Gasteiger partial charge is 0.161 e. The second-order valence-corrected chi connectivity index (χ2v) is 6.12. The van der Waals surface area contributed by atoms with Crippen molar-refractivity contribution in [3.05, 3.63) is 23.8 Å². The van der Waals surface area contributed by atoms with E-state index in [1.807, 2.05) is 12.1 Å². The molecule has 0 amide bonds. The zero-order valence-electron chi connectivity index (χ0n) is 13.8. The van der Waals surface area contributed by atoms with E-state index in [0.717, 1.165) is 18.2 Å². The van der Waals surface area contributed by atoms with Crippen LogP contribution in [0.25, 0.3) is 0 Å². The molecule has 1 saturated carbocycles. The number of ether oxygens (including phenoxy) is 2. The molecule has 0 bridgehead atoms. The molecule has 1 unspecified atom stereocenters. The van der Waals surface area contributed by atoms with Crippen LogP contribution in [-0.2, 0) is 0 Å². The van der Waals surface area contributed by atoms with Crippen molar-refractivity contribution in [1.82, 2.24) is 5.32 Å². The first-order chi connectivity index (χ1) is 10.7. The Morgan fingerprint density at radius 1 is 1.23 bits per heavy atom. The van der Waals surface area contributed by atoms with Crippen molar-refractivity contribution in [3.8, 4) is 11.5 Å². The number of hydrogen-bond donors (Lipinski definition) is 2. The summed E-state index contributed by atoms with van der Waals surface area (Å²) in [5.74, 6) is 2.22. The molecule has 2 rings (SSSR count). The topological polar surface area (TPSA) is 50.7 Å². The number of rotatable bonds is 8. The van der Waals surface area contributed by atoms with E-state index in [1.165, 1.54) is 37.7 Å². The lowest BCUT2D eigenvalue weighted by atomic mass is 9.89. The van der Waals surface area contributed by atoms with Gasteiger partial charge in [0.15, 0.2) is 11.5 Å². The normalized spacial score (nSPS) is 17.2. The van der Waals surface area contributed by atoms with Gasteiger partial charge in [-0.15, -0.1) is 0 Å². The van der Waals surface area contributed by atoms with Gasteiger partial charge in [0, 0.05) is 6.04 Å². The minimum atomic E-state index is 0.00422. The van der Waals surface area contributed by atoms with Crippen LogP contribution in [0.5, 0.6) is 11.5 Å². The highest BCUT2D eigenvalue weighted by Crippen LogP contribution is 2.30. The van der Waals surface area contributed by atoms with E-state index < -0.39 is 0 Å². The minimum Gasteiger partial charge on any atom is -0.493 e. The van der Waals surface area contributed by atoms with Crippen LogP contribution in [0, 0.1) is 5.92 Å². The third-order valence-corrected chi connectivity index (χ3v) is 4.47. The number of methoxy groups -OCH3 is 1. The summed E-state index contributed by atoms with van der Waals surface area (Å²) in [6, 6.07) is 6.30. The summed E-state index contributed by atoms with van der Waals surface area (Å²) in [4.78, 5) is 0. The van der Waals surface area contributed by atoms with Gasteiger partial charge >= 0.3 is 0 Å². The van der Waals surface area contributed by atoms with Gasteiger partial charge in [0.2, 0.25) is 0 Å². The van der Waals surface area contributed by atoms with Gasteiger partial charge in [-0.25, -0.2) is 0 Å². The molecule has 4 nitrogen and oxygen atoms in total. The lowest BCUT2D eigenvalue weighted by molar-refractivity contribution is 0.196. The molecule has 1 atom stereocenters. The van der Waals surface area contributed by atoms with Crippen LogP contribution >= 0.6 is 0 Å². The molecule has 1 fully saturated rings. The molecule has 1 aliphatic rings. The van der Waals surface area contributed by atoms with Crippen molar-refractivity contribution in [3.63, 3.8) is 0 Å². The SMILES string of the molecule is COc1cc(C(C)NCC2CCCCC2)ccc1OCCO. The highest BCUT2D eigenvalue weighted by atomic mass is 16.5. The van der Waals surface area contributed by atoms with Crippen LogP contribution in [0.4, 0.5) is 0 Å². The third kappa shape index (κ3) is 4.89. The standard InChI is InChI=1S/C18H29NO3/c1-14(19-13-15-6-4-3-5-7-15)16-8-9-17(22-11-10-20)18(12-16)21-2/h8-9,12,14-15,19-20H,3-7,10-11,13H2,1-2H3. The molecule has 124 valence electrons. The largest absolute Gasteiger partial charge is 0.493 e. The first-order valence-corrected chi connectivity index (χ1v) is 8.39. The summed E-state index contributed by atoms with van der Waals surface area (Å²) < 4.78 is 10.9. The average Bonchev–Trinajstić information content (AvgIpc) is 2.58. The molecule has 0 radical (unpaired) electrons. The van der Waals surface area contributed by atoms with Crippen LogP contribution in [0.1, 0.15) is 50.6 Å². The predicted molar refractivity (Wildman–Crippen MR) is 88.6 cm³/mol. The van der Waals surface area contributed by atoms with E-state index >= 15 is 0 Å². The molecular weight excluding hydrogens is 278 g/mol. The molecule has 0 aliphatic heterocycles. The number of aliphatic hydroxyl groups excluding tert-OH is 1. The fourth-order valence-electron chi connectivity index (χ4n) is 3.08. The van der Waals surface area contributed by atoms with Crippen LogP contribution in [-0.4, -0.2) is 32.0 Å². The Labute approximate surface area is 133 Å². The van der Waals surface area contributed by atoms with Crippen molar-refractivity contribution in [2.75, 3.05) is 26.9 Å². The minimum absolute atomic E-state index is 0.00422. The summed E-state index contributed by atoms with van der Waals surface area (Å²) in [5, 5.41) is 12.5. The number of nitrogens with one attached hydrogen (secondary N) is 1. The van der Waals surface area contributed by atoms with Crippen LogP contribution < -0.4 is 14.8 Å². The molecule has 0 aromatic heterocycles. The Kier molecular flexibility index (Phi) is 7.00. The zero-order valence-corrected chi connectivity index (χ0v) is 13.8. The van der Waals surface area contributed by atoms with Gasteiger partial charge < -0.3 is 19.9 Å². The highest BCUT2D eigenvalue weighted by molar-refractivity contribution is 5.43. The Hall–Kier alpha value is -1.26. The van der Waals surface area contributed by atoms with Gasteiger partial charge in [0.25, 0.3) is 0 Å². The predicted octanol–water partition coefficient (Wildman–Crippen LogP) is 3.30. The van der Waals surface area contributed by atoms with E-state index in [1.54, 1.807) is 7.11 Å². The van der Waals surface area contributed by atoms with Crippen LogP contribution in [0.15, 0.2) is 18.2 Å². The van der Waals surface area contributed by atoms with Crippen LogP contribution in [0.3, 0.4) is 0 Å². The maximum absolute atomic E-state index is 8.85. The van der Waals surface area contributed by atoms with Crippen molar-refractivity contribution in [1.29, 1.82) is 0 Å². The molecule has 1 aromatic carbocycles. The van der Waals surface area contributed by atoms with Crippen molar-refractivity contribution in [2.24, 2.45) is 5.92 Å². The monoisotopic (exact) mass is 307 g/mol. The molecule has 2 N–H and O–H groups in total. The number of hydrogen-bond acceptors (Lipinski definition) is 4. The molecule has 1 aromatic rings. The summed E-state index contributed by atoms with van der Waals surface area (Å²) >= 11 is 0. The van der Waals surface area contributed by atoms with Gasteiger partial charge in [-0.1, -0.05) is 25.3 Å². The van der Waals surface area contributed by atoms with E-state index in [4.69, 9.17) is 14.6 Å². The lowest BCUT2D eigenvalue weighted by Crippen LogP contribution is -2.27. The maximum Gasteiger partial charge on any atom is 0.161 e. The molecule has 0 heterocycles. The van der Waals surface area contributed by atoms with Gasteiger partial charge in [-0.3, -0.25) is 0 Å². The Balaban J connectivity index is 1.92. The highest BCUT2D eigenvalue weighted by Gasteiger charge is 2.15. The Morgan fingerprint density at radius 3 is 2.68 bits per heavy atom. The van der Waals surface area contributed by atoms with Gasteiger partial charge in [0.1, 0.15) is 6.61 Å². The molecular formula is C18H29NO3. The summed E-state index contributed by atoms with van der Waals surface area (Å²) in [5.41, 5.74) is 1.20. The quantitative estimate of drug-likeness (QED) is 0.774. The third-order valence-electron chi connectivity index (χ3n) is 4.47. The average molecular weight is 307 g/mol. The van der Waals surface area contributed by atoms with E-state index in [2.05, 4.69) is 18.3 Å². The first-order valence-electron chi connectivity index (χ1n) is 8.39. The molecule has 0 spiro atoms. The van der Waals surface area contributed by atoms with Crippen molar-refractivity contribution in [2.45, 2.75) is 45.1 Å². The van der Waals surface area contributed by atoms with Crippen molar-refractivity contribution >= 4 is 0 Å². The molecule has 22 heavy (non-hydrogen) atoms. The lowest BCUT2D eigenvalue weighted by Gasteiger charge is -2.24. The Bertz CT molecular complexity index is 444. The van der Waals surface area contributed by atoms with E-state index in [9.17, 15) is 0 Å². The molecule has 1 aliphatic carbocycles. The van der Waals surface area contributed by atoms with E-state index in [0.29, 0.717) is 11.8 Å². The number of benzene rings is 1. The van der Waals surface area contributed by atoms with Gasteiger partial charge in [0.05, 0.1) is 13.7 Å². The summed E-state index contributed by atoms with van der Waals surface area (Å²) in [7, 11) is 1.64. The molecule has 0 saturated heterocycles. The Morgan fingerprint density at radius 2 is 2.00 bits per heavy atom.